The molecule has 1 aliphatic heterocycles. The highest BCUT2D eigenvalue weighted by molar-refractivity contribution is 5.81. The van der Waals surface area contributed by atoms with E-state index in [-0.39, 0.29) is 11.9 Å². The van der Waals surface area contributed by atoms with Crippen LogP contribution < -0.4 is 15.0 Å². The molecule has 1 aliphatic rings. The molecule has 1 aromatic carbocycles. The number of pyridine rings is 1. The molecule has 5 nitrogen and oxygen atoms in total. The van der Waals surface area contributed by atoms with E-state index in [0.29, 0.717) is 43.4 Å². The molecule has 0 saturated carbocycles. The number of piperidine rings is 1. The molecule has 0 spiro atoms. The van der Waals surface area contributed by atoms with Crippen molar-refractivity contribution in [3.8, 4) is 5.75 Å². The van der Waals surface area contributed by atoms with Crippen LogP contribution in [0.3, 0.4) is 0 Å². The summed E-state index contributed by atoms with van der Waals surface area (Å²) in [6, 6.07) is 8.31. The Morgan fingerprint density at radius 3 is 2.38 bits per heavy atom. The topological polar surface area (TPSA) is 54.5 Å². The van der Waals surface area contributed by atoms with Gasteiger partial charge in [0.05, 0.1) is 5.56 Å². The van der Waals surface area contributed by atoms with E-state index >= 15 is 0 Å². The summed E-state index contributed by atoms with van der Waals surface area (Å²) < 4.78 is 43.9. The maximum Gasteiger partial charge on any atom is 0.417 e. The van der Waals surface area contributed by atoms with Gasteiger partial charge in [-0.2, -0.15) is 13.2 Å². The summed E-state index contributed by atoms with van der Waals surface area (Å²) in [6.07, 6.45) is -2.80. The van der Waals surface area contributed by atoms with E-state index < -0.39 is 17.8 Å². The van der Waals surface area contributed by atoms with Gasteiger partial charge in [0.25, 0.3) is 5.91 Å². The van der Waals surface area contributed by atoms with Crippen LogP contribution in [0.25, 0.3) is 0 Å². The Labute approximate surface area is 187 Å². The summed E-state index contributed by atoms with van der Waals surface area (Å²) >= 11 is 0. The number of rotatable bonds is 6. The lowest BCUT2D eigenvalue weighted by molar-refractivity contribution is -0.137. The van der Waals surface area contributed by atoms with E-state index in [9.17, 15) is 18.0 Å². The summed E-state index contributed by atoms with van der Waals surface area (Å²) in [6.45, 7) is 9.24. The minimum absolute atomic E-state index is 0.00991. The summed E-state index contributed by atoms with van der Waals surface area (Å²) in [5.74, 6) is 1.42. The lowest BCUT2D eigenvalue weighted by atomic mass is 9.98. The maximum atomic E-state index is 12.7. The number of hydrogen-bond acceptors (Lipinski definition) is 4. The molecule has 0 radical (unpaired) electrons. The summed E-state index contributed by atoms with van der Waals surface area (Å²) in [5.41, 5.74) is 1.63. The molecule has 0 aliphatic carbocycles. The van der Waals surface area contributed by atoms with Gasteiger partial charge in [0, 0.05) is 25.3 Å². The number of ether oxygens (including phenoxy) is 1. The number of hydrogen-bond donors (Lipinski definition) is 1. The van der Waals surface area contributed by atoms with E-state index in [0.717, 1.165) is 17.8 Å². The van der Waals surface area contributed by atoms with Gasteiger partial charge in [-0.05, 0) is 68.0 Å². The zero-order valence-corrected chi connectivity index (χ0v) is 18.9. The smallest absolute Gasteiger partial charge is 0.417 e. The molecule has 8 heteroatoms. The number of benzene rings is 1. The second kappa shape index (κ2) is 9.79. The van der Waals surface area contributed by atoms with Crippen molar-refractivity contribution in [3.63, 3.8) is 0 Å². The average molecular weight is 450 g/mol. The van der Waals surface area contributed by atoms with Gasteiger partial charge in [0.15, 0.2) is 6.10 Å². The zero-order valence-electron chi connectivity index (χ0n) is 18.9. The number of aryl methyl sites for hydroxylation is 1. The first-order valence-corrected chi connectivity index (χ1v) is 10.9. The second-order valence-electron chi connectivity index (χ2n) is 8.61. The Bertz CT molecular complexity index is 921. The standard InChI is InChI=1S/C24H30F3N3O2/c1-15(2)21-7-6-20(13-16(21)3)32-17(4)23(31)29-19-9-11-30(12-10-19)22-8-5-18(14-28-22)24(25,26)27/h5-8,13-15,17,19H,9-12H2,1-4H3,(H,29,31). The lowest BCUT2D eigenvalue weighted by Crippen LogP contribution is -2.48. The predicted octanol–water partition coefficient (Wildman–Crippen LogP) is 5.08. The molecule has 1 fully saturated rings. The van der Waals surface area contributed by atoms with Gasteiger partial charge in [-0.3, -0.25) is 4.79 Å². The van der Waals surface area contributed by atoms with Crippen molar-refractivity contribution in [1.82, 2.24) is 10.3 Å². The Hall–Kier alpha value is -2.77. The number of alkyl halides is 3. The highest BCUT2D eigenvalue weighted by atomic mass is 19.4. The predicted molar refractivity (Wildman–Crippen MR) is 118 cm³/mol. The SMILES string of the molecule is Cc1cc(OC(C)C(=O)NC2CCN(c3ccc(C(F)(F)F)cn3)CC2)ccc1C(C)C. The fraction of sp³-hybridized carbons (Fsp3) is 0.500. The van der Waals surface area contributed by atoms with Crippen LogP contribution in [0.1, 0.15) is 56.2 Å². The molecule has 1 amide bonds. The highest BCUT2D eigenvalue weighted by Crippen LogP contribution is 2.30. The fourth-order valence-electron chi connectivity index (χ4n) is 3.94. The van der Waals surface area contributed by atoms with E-state index in [1.54, 1.807) is 6.92 Å². The Morgan fingerprint density at radius 1 is 1.16 bits per heavy atom. The van der Waals surface area contributed by atoms with Gasteiger partial charge in [-0.1, -0.05) is 19.9 Å². The number of halogens is 3. The molecule has 3 rings (SSSR count). The summed E-state index contributed by atoms with van der Waals surface area (Å²) in [4.78, 5) is 18.5. The Kier molecular flexibility index (Phi) is 7.31. The second-order valence-corrected chi connectivity index (χ2v) is 8.61. The highest BCUT2D eigenvalue weighted by Gasteiger charge is 2.31. The van der Waals surface area contributed by atoms with Gasteiger partial charge in [0.2, 0.25) is 0 Å². The van der Waals surface area contributed by atoms with Crippen LogP contribution in [0.15, 0.2) is 36.5 Å². The number of amides is 1. The third kappa shape index (κ3) is 5.93. The molecule has 174 valence electrons. The number of aromatic nitrogens is 1. The first-order chi connectivity index (χ1) is 15.0. The Balaban J connectivity index is 1.49. The Morgan fingerprint density at radius 2 is 1.84 bits per heavy atom. The van der Waals surface area contributed by atoms with Crippen LogP contribution in [0.2, 0.25) is 0 Å². The normalized spacial score (nSPS) is 16.2. The quantitative estimate of drug-likeness (QED) is 0.668. The number of anilines is 1. The molecule has 1 saturated heterocycles. The van der Waals surface area contributed by atoms with Crippen LogP contribution >= 0.6 is 0 Å². The first kappa shape index (κ1) is 23.9. The molecule has 1 N–H and O–H groups in total. The minimum Gasteiger partial charge on any atom is -0.481 e. The van der Waals surface area contributed by atoms with Crippen molar-refractivity contribution in [2.45, 2.75) is 64.8 Å². The molecule has 1 unspecified atom stereocenters. The van der Waals surface area contributed by atoms with Crippen LogP contribution in [0, 0.1) is 6.92 Å². The molecule has 0 bridgehead atoms. The van der Waals surface area contributed by atoms with E-state index in [4.69, 9.17) is 4.74 Å². The molecule has 1 atom stereocenters. The maximum absolute atomic E-state index is 12.7. The van der Waals surface area contributed by atoms with Crippen molar-refractivity contribution in [2.24, 2.45) is 0 Å². The summed E-state index contributed by atoms with van der Waals surface area (Å²) in [7, 11) is 0. The van der Waals surface area contributed by atoms with Gasteiger partial charge in [-0.15, -0.1) is 0 Å². The molecule has 2 aromatic rings. The van der Waals surface area contributed by atoms with Gasteiger partial charge in [-0.25, -0.2) is 4.98 Å². The number of nitrogens with one attached hydrogen (secondary N) is 1. The number of carbonyl (C=O) groups excluding carboxylic acids is 1. The van der Waals surface area contributed by atoms with Crippen molar-refractivity contribution in [2.75, 3.05) is 18.0 Å². The fourth-order valence-corrected chi connectivity index (χ4v) is 3.94. The van der Waals surface area contributed by atoms with Gasteiger partial charge < -0.3 is 15.0 Å². The average Bonchev–Trinajstić information content (AvgIpc) is 2.73. The van der Waals surface area contributed by atoms with Crippen LogP contribution in [0.5, 0.6) is 5.75 Å². The van der Waals surface area contributed by atoms with E-state index in [2.05, 4.69) is 24.1 Å². The molecular formula is C24H30F3N3O2. The van der Waals surface area contributed by atoms with Gasteiger partial charge >= 0.3 is 6.18 Å². The molecule has 1 aromatic heterocycles. The number of carbonyl (C=O) groups is 1. The van der Waals surface area contributed by atoms with E-state index in [1.165, 1.54) is 11.6 Å². The van der Waals surface area contributed by atoms with Crippen molar-refractivity contribution >= 4 is 11.7 Å². The third-order valence-electron chi connectivity index (χ3n) is 5.79. The van der Waals surface area contributed by atoms with Crippen molar-refractivity contribution in [3.05, 3.63) is 53.2 Å². The monoisotopic (exact) mass is 449 g/mol. The van der Waals surface area contributed by atoms with Crippen molar-refractivity contribution in [1.29, 1.82) is 0 Å². The van der Waals surface area contributed by atoms with Gasteiger partial charge in [0.1, 0.15) is 11.6 Å². The van der Waals surface area contributed by atoms with Crippen molar-refractivity contribution < 1.29 is 22.7 Å². The van der Waals surface area contributed by atoms with Crippen LogP contribution in [0.4, 0.5) is 19.0 Å². The minimum atomic E-state index is -4.39. The third-order valence-corrected chi connectivity index (χ3v) is 5.79. The first-order valence-electron chi connectivity index (χ1n) is 10.9. The number of nitrogens with zero attached hydrogens (tertiary/aromatic N) is 2. The zero-order chi connectivity index (χ0) is 23.5. The molecular weight excluding hydrogens is 419 g/mol. The molecule has 2 heterocycles. The molecule has 32 heavy (non-hydrogen) atoms. The summed E-state index contributed by atoms with van der Waals surface area (Å²) in [5, 5.41) is 3.02. The van der Waals surface area contributed by atoms with Crippen LogP contribution in [-0.4, -0.2) is 36.1 Å². The van der Waals surface area contributed by atoms with Crippen LogP contribution in [-0.2, 0) is 11.0 Å². The van der Waals surface area contributed by atoms with E-state index in [1.807, 2.05) is 30.0 Å². The lowest BCUT2D eigenvalue weighted by Gasteiger charge is -2.33. The largest absolute Gasteiger partial charge is 0.481 e.